The van der Waals surface area contributed by atoms with Crippen LogP contribution >= 0.6 is 36.2 Å². The van der Waals surface area contributed by atoms with Crippen molar-refractivity contribution in [2.24, 2.45) is 0 Å². The molecule has 4 nitrogen and oxygen atoms in total. The van der Waals surface area contributed by atoms with Gasteiger partial charge < -0.3 is 9.64 Å². The van der Waals surface area contributed by atoms with Gasteiger partial charge in [-0.2, -0.15) is 0 Å². The second kappa shape index (κ2) is 9.40. The molecule has 0 amide bonds. The third-order valence-electron chi connectivity index (χ3n) is 3.36. The van der Waals surface area contributed by atoms with Gasteiger partial charge in [-0.05, 0) is 38.2 Å². The highest BCUT2D eigenvalue weighted by atomic mass is 35.5. The fourth-order valence-corrected chi connectivity index (χ4v) is 3.08. The molecule has 1 atom stereocenters. The zero-order valence-electron chi connectivity index (χ0n) is 13.7. The number of hydrogen-bond donors (Lipinski definition) is 0. The van der Waals surface area contributed by atoms with E-state index in [-0.39, 0.29) is 31.0 Å². The number of halogens is 2. The largest absolute Gasteiger partial charge is 0.475 e. The van der Waals surface area contributed by atoms with Crippen molar-refractivity contribution in [3.8, 4) is 5.75 Å². The summed E-state index contributed by atoms with van der Waals surface area (Å²) in [4.78, 5) is 8.89. The van der Waals surface area contributed by atoms with Gasteiger partial charge in [0, 0.05) is 14.1 Å². The Labute approximate surface area is 149 Å². The number of ether oxygens (including phenoxy) is 1. The summed E-state index contributed by atoms with van der Waals surface area (Å²) in [6.45, 7) is 8.38. The summed E-state index contributed by atoms with van der Waals surface area (Å²) in [5.41, 5.74) is 1.03. The summed E-state index contributed by atoms with van der Waals surface area (Å²) in [6, 6.07) is 6.12. The van der Waals surface area contributed by atoms with Crippen LogP contribution in [0.3, 0.4) is 0 Å². The van der Waals surface area contributed by atoms with Crippen LogP contribution in [0.25, 0.3) is 10.2 Å². The first-order chi connectivity index (χ1) is 9.55. The predicted molar refractivity (Wildman–Crippen MR) is 101 cm³/mol. The molecular weight excluding hydrogens is 341 g/mol. The molecule has 0 saturated carbocycles. The van der Waals surface area contributed by atoms with Gasteiger partial charge in [-0.1, -0.05) is 25.2 Å². The Bertz CT molecular complexity index is 573. The number of nitrogens with zero attached hydrogens (tertiary/aromatic N) is 3. The molecule has 0 N–H and O–H groups in total. The molecular formula is C15H25Cl2N3OS. The second-order valence-corrected chi connectivity index (χ2v) is 5.97. The van der Waals surface area contributed by atoms with Gasteiger partial charge in [-0.15, -0.1) is 24.8 Å². The molecule has 1 aromatic heterocycles. The van der Waals surface area contributed by atoms with Crippen LogP contribution in [0.15, 0.2) is 18.2 Å². The maximum absolute atomic E-state index is 6.03. The van der Waals surface area contributed by atoms with Crippen LogP contribution in [0.1, 0.15) is 20.8 Å². The first kappa shape index (κ1) is 21.2. The van der Waals surface area contributed by atoms with Gasteiger partial charge in [0.05, 0.1) is 10.2 Å². The van der Waals surface area contributed by atoms with Crippen molar-refractivity contribution in [3.63, 3.8) is 0 Å². The lowest BCUT2D eigenvalue weighted by Crippen LogP contribution is -2.36. The second-order valence-electron chi connectivity index (χ2n) is 4.96. The Hall–Kier alpha value is -0.750. The number of anilines is 1. The van der Waals surface area contributed by atoms with Crippen LogP contribution in [0.4, 0.5) is 5.13 Å². The van der Waals surface area contributed by atoms with Crippen LogP contribution in [0, 0.1) is 0 Å². The highest BCUT2D eigenvalue weighted by Crippen LogP contribution is 2.30. The molecule has 0 spiro atoms. The summed E-state index contributed by atoms with van der Waals surface area (Å²) >= 11 is 1.69. The lowest BCUT2D eigenvalue weighted by Gasteiger charge is -2.26. The summed E-state index contributed by atoms with van der Waals surface area (Å²) in [5.74, 6) is 0.908. The van der Waals surface area contributed by atoms with Crippen molar-refractivity contribution < 1.29 is 4.74 Å². The first-order valence-corrected chi connectivity index (χ1v) is 7.85. The maximum atomic E-state index is 6.03. The highest BCUT2D eigenvalue weighted by molar-refractivity contribution is 7.22. The molecule has 0 aliphatic heterocycles. The van der Waals surface area contributed by atoms with Crippen LogP contribution in [-0.2, 0) is 0 Å². The molecule has 126 valence electrons. The summed E-state index contributed by atoms with van der Waals surface area (Å²) < 4.78 is 7.19. The van der Waals surface area contributed by atoms with E-state index in [4.69, 9.17) is 4.74 Å². The van der Waals surface area contributed by atoms with E-state index >= 15 is 0 Å². The minimum Gasteiger partial charge on any atom is -0.475 e. The number of benzene rings is 1. The Morgan fingerprint density at radius 2 is 1.82 bits per heavy atom. The van der Waals surface area contributed by atoms with Crippen molar-refractivity contribution in [3.05, 3.63) is 18.2 Å². The van der Waals surface area contributed by atoms with Crippen LogP contribution in [-0.4, -0.2) is 43.3 Å². The molecule has 0 aliphatic rings. The van der Waals surface area contributed by atoms with E-state index in [9.17, 15) is 0 Å². The minimum absolute atomic E-state index is 0. The van der Waals surface area contributed by atoms with E-state index in [0.717, 1.165) is 34.2 Å². The lowest BCUT2D eigenvalue weighted by atomic mass is 10.3. The monoisotopic (exact) mass is 365 g/mol. The van der Waals surface area contributed by atoms with Gasteiger partial charge in [-0.3, -0.25) is 4.90 Å². The average molecular weight is 366 g/mol. The van der Waals surface area contributed by atoms with Crippen molar-refractivity contribution in [1.82, 2.24) is 9.88 Å². The SMILES string of the molecule is CCN(CC)C(C)Oc1ccc2nc(N(C)C)sc2c1.Cl.Cl. The topological polar surface area (TPSA) is 28.6 Å². The van der Waals surface area contributed by atoms with Crippen molar-refractivity contribution in [1.29, 1.82) is 0 Å². The summed E-state index contributed by atoms with van der Waals surface area (Å²) in [5, 5.41) is 1.02. The number of hydrogen-bond acceptors (Lipinski definition) is 5. The number of rotatable bonds is 6. The number of fused-ring (bicyclic) bond motifs is 1. The van der Waals surface area contributed by atoms with Crippen LogP contribution in [0.5, 0.6) is 5.75 Å². The van der Waals surface area contributed by atoms with E-state index in [1.54, 1.807) is 11.3 Å². The molecule has 0 saturated heterocycles. The van der Waals surface area contributed by atoms with E-state index in [1.165, 1.54) is 0 Å². The molecule has 0 radical (unpaired) electrons. The van der Waals surface area contributed by atoms with Gasteiger partial charge >= 0.3 is 0 Å². The lowest BCUT2D eigenvalue weighted by molar-refractivity contribution is 0.0482. The quantitative estimate of drug-likeness (QED) is 0.714. The van der Waals surface area contributed by atoms with Crippen molar-refractivity contribution >= 4 is 51.5 Å². The minimum atomic E-state index is 0. The van der Waals surface area contributed by atoms with E-state index in [1.807, 2.05) is 31.1 Å². The molecule has 0 fully saturated rings. The normalized spacial score (nSPS) is 11.7. The smallest absolute Gasteiger partial charge is 0.185 e. The Kier molecular flexibility index (Phi) is 9.08. The zero-order valence-corrected chi connectivity index (χ0v) is 16.1. The molecule has 2 aromatic rings. The summed E-state index contributed by atoms with van der Waals surface area (Å²) in [7, 11) is 4.02. The van der Waals surface area contributed by atoms with Crippen LogP contribution in [0.2, 0.25) is 0 Å². The first-order valence-electron chi connectivity index (χ1n) is 7.03. The van der Waals surface area contributed by atoms with Gasteiger partial charge in [0.2, 0.25) is 0 Å². The molecule has 7 heteroatoms. The molecule has 0 aliphatic carbocycles. The Morgan fingerprint density at radius 3 is 2.36 bits per heavy atom. The Morgan fingerprint density at radius 1 is 1.18 bits per heavy atom. The Balaban J connectivity index is 0.00000220. The molecule has 1 aromatic carbocycles. The number of aromatic nitrogens is 1. The molecule has 1 unspecified atom stereocenters. The highest BCUT2D eigenvalue weighted by Gasteiger charge is 2.12. The third-order valence-corrected chi connectivity index (χ3v) is 4.55. The van der Waals surface area contributed by atoms with E-state index < -0.39 is 0 Å². The van der Waals surface area contributed by atoms with Gasteiger partial charge in [0.25, 0.3) is 0 Å². The standard InChI is InChI=1S/C15H23N3OS.2ClH/c1-6-18(7-2)11(3)19-12-8-9-13-14(10-12)20-15(16-13)17(4)5;;/h8-11H,6-7H2,1-5H3;2*1H. The van der Waals surface area contributed by atoms with Gasteiger partial charge in [0.15, 0.2) is 5.13 Å². The van der Waals surface area contributed by atoms with Crippen LogP contribution < -0.4 is 9.64 Å². The average Bonchev–Trinajstić information content (AvgIpc) is 2.83. The van der Waals surface area contributed by atoms with E-state index in [0.29, 0.717) is 0 Å². The van der Waals surface area contributed by atoms with Gasteiger partial charge in [-0.25, -0.2) is 4.98 Å². The summed E-state index contributed by atoms with van der Waals surface area (Å²) in [6.07, 6.45) is 0.0868. The van der Waals surface area contributed by atoms with Gasteiger partial charge in [0.1, 0.15) is 12.0 Å². The van der Waals surface area contributed by atoms with Crippen molar-refractivity contribution in [2.45, 2.75) is 27.0 Å². The van der Waals surface area contributed by atoms with E-state index in [2.05, 4.69) is 36.7 Å². The molecule has 22 heavy (non-hydrogen) atoms. The molecule has 1 heterocycles. The molecule has 0 bridgehead atoms. The molecule has 2 rings (SSSR count). The van der Waals surface area contributed by atoms with Crippen molar-refractivity contribution in [2.75, 3.05) is 32.1 Å². The number of thiazole rings is 1. The fourth-order valence-electron chi connectivity index (χ4n) is 2.17. The maximum Gasteiger partial charge on any atom is 0.185 e. The third kappa shape index (κ3) is 4.88. The zero-order chi connectivity index (χ0) is 14.7. The fraction of sp³-hybridized carbons (Fsp3) is 0.533. The predicted octanol–water partition coefficient (Wildman–Crippen LogP) is 4.27.